The average molecular weight is 346 g/mol. The van der Waals surface area contributed by atoms with Crippen LogP contribution in [0.5, 0.6) is 11.6 Å². The zero-order valence-electron chi connectivity index (χ0n) is 10.6. The van der Waals surface area contributed by atoms with Gasteiger partial charge in [0.2, 0.25) is 0 Å². The molecule has 0 unspecified atom stereocenters. The number of rotatable bonds is 3. The van der Waals surface area contributed by atoms with Gasteiger partial charge in [0.1, 0.15) is 5.75 Å². The Bertz CT molecular complexity index is 839. The van der Waals surface area contributed by atoms with Crippen LogP contribution in [0.2, 0.25) is 0 Å². The third-order valence-corrected chi connectivity index (χ3v) is 3.22. The van der Waals surface area contributed by atoms with Crippen molar-refractivity contribution in [2.24, 2.45) is 0 Å². The van der Waals surface area contributed by atoms with Crippen LogP contribution in [0.25, 0.3) is 10.9 Å². The summed E-state index contributed by atoms with van der Waals surface area (Å²) in [7, 11) is 0. The van der Waals surface area contributed by atoms with Crippen molar-refractivity contribution in [3.05, 3.63) is 63.4 Å². The molecule has 0 atom stereocenters. The Morgan fingerprint density at radius 1 is 1.19 bits per heavy atom. The molecule has 0 amide bonds. The van der Waals surface area contributed by atoms with Gasteiger partial charge in [0.15, 0.2) is 0 Å². The molecule has 0 saturated heterocycles. The summed E-state index contributed by atoms with van der Waals surface area (Å²) in [5.74, 6) is 0.387. The van der Waals surface area contributed by atoms with E-state index in [0.29, 0.717) is 10.2 Å². The highest BCUT2D eigenvalue weighted by Gasteiger charge is 2.18. The van der Waals surface area contributed by atoms with Crippen LogP contribution in [0.15, 0.2) is 53.3 Å². The molecule has 21 heavy (non-hydrogen) atoms. The summed E-state index contributed by atoms with van der Waals surface area (Å²) in [6.07, 6.45) is 3.12. The fourth-order valence-electron chi connectivity index (χ4n) is 1.85. The molecule has 0 spiro atoms. The molecule has 0 fully saturated rings. The summed E-state index contributed by atoms with van der Waals surface area (Å²) in [4.78, 5) is 18.7. The first-order valence-electron chi connectivity index (χ1n) is 5.96. The Labute approximate surface area is 127 Å². The summed E-state index contributed by atoms with van der Waals surface area (Å²) in [6.45, 7) is 0. The van der Waals surface area contributed by atoms with E-state index in [9.17, 15) is 10.1 Å². The summed E-state index contributed by atoms with van der Waals surface area (Å²) in [5.41, 5.74) is 0.542. The van der Waals surface area contributed by atoms with Crippen LogP contribution in [0.1, 0.15) is 0 Å². The maximum absolute atomic E-state index is 11.0. The zero-order chi connectivity index (χ0) is 14.8. The number of nitro groups is 1. The Hall–Kier alpha value is -2.54. The maximum atomic E-state index is 11.0. The summed E-state index contributed by atoms with van der Waals surface area (Å²) < 4.78 is 6.04. The van der Waals surface area contributed by atoms with Crippen LogP contribution >= 0.6 is 15.9 Å². The van der Waals surface area contributed by atoms with Gasteiger partial charge in [-0.2, -0.15) is 0 Å². The Morgan fingerprint density at radius 2 is 2.05 bits per heavy atom. The van der Waals surface area contributed by atoms with E-state index in [4.69, 9.17) is 4.74 Å². The second-order valence-corrected chi connectivity index (χ2v) is 5.11. The Kier molecular flexibility index (Phi) is 3.49. The maximum Gasteiger partial charge on any atom is 0.332 e. The number of ether oxygens (including phenoxy) is 1. The standard InChI is InChI=1S/C14H8BrN3O3/c15-10-6-13(18(19)20)14(17-8-10)21-11-4-3-9-2-1-5-16-12(9)7-11/h1-8H. The van der Waals surface area contributed by atoms with Gasteiger partial charge >= 0.3 is 5.69 Å². The topological polar surface area (TPSA) is 78.2 Å². The third kappa shape index (κ3) is 2.82. The summed E-state index contributed by atoms with van der Waals surface area (Å²) in [6, 6.07) is 10.4. The molecule has 0 radical (unpaired) electrons. The molecule has 0 saturated carbocycles. The first-order valence-corrected chi connectivity index (χ1v) is 6.75. The van der Waals surface area contributed by atoms with Crippen LogP contribution in [0.3, 0.4) is 0 Å². The second-order valence-electron chi connectivity index (χ2n) is 4.19. The van der Waals surface area contributed by atoms with Crippen LogP contribution in [-0.2, 0) is 0 Å². The average Bonchev–Trinajstić information content (AvgIpc) is 2.49. The van der Waals surface area contributed by atoms with E-state index < -0.39 is 4.92 Å². The first kappa shape index (κ1) is 13.4. The van der Waals surface area contributed by atoms with E-state index in [1.807, 2.05) is 18.2 Å². The SMILES string of the molecule is O=[N+]([O-])c1cc(Br)cnc1Oc1ccc2cccnc2c1. The molecule has 104 valence electrons. The highest BCUT2D eigenvalue weighted by atomic mass is 79.9. The van der Waals surface area contributed by atoms with Gasteiger partial charge in [0.25, 0.3) is 5.88 Å². The molecular formula is C14H8BrN3O3. The van der Waals surface area contributed by atoms with Gasteiger partial charge in [0.05, 0.1) is 10.4 Å². The minimum Gasteiger partial charge on any atom is -0.434 e. The van der Waals surface area contributed by atoms with E-state index >= 15 is 0 Å². The summed E-state index contributed by atoms with van der Waals surface area (Å²) in [5, 5.41) is 12.0. The number of nitrogens with zero attached hydrogens (tertiary/aromatic N) is 3. The van der Waals surface area contributed by atoms with Crippen molar-refractivity contribution in [1.29, 1.82) is 0 Å². The largest absolute Gasteiger partial charge is 0.434 e. The lowest BCUT2D eigenvalue weighted by atomic mass is 10.2. The molecule has 2 heterocycles. The predicted octanol–water partition coefficient (Wildman–Crippen LogP) is 4.09. The lowest BCUT2D eigenvalue weighted by molar-refractivity contribution is -0.386. The van der Waals surface area contributed by atoms with Gasteiger partial charge in [-0.3, -0.25) is 15.1 Å². The fraction of sp³-hybridized carbons (Fsp3) is 0. The molecule has 0 aliphatic carbocycles. The number of halogens is 1. The highest BCUT2D eigenvalue weighted by Crippen LogP contribution is 2.32. The van der Waals surface area contributed by atoms with Crippen LogP contribution in [-0.4, -0.2) is 14.9 Å². The molecule has 2 aromatic heterocycles. The van der Waals surface area contributed by atoms with Crippen molar-refractivity contribution < 1.29 is 9.66 Å². The number of benzene rings is 1. The number of hydrogen-bond donors (Lipinski definition) is 0. The minimum absolute atomic E-state index is 0.0570. The molecule has 0 aliphatic rings. The van der Waals surface area contributed by atoms with Crippen LogP contribution in [0.4, 0.5) is 5.69 Å². The zero-order valence-corrected chi connectivity index (χ0v) is 12.1. The van der Waals surface area contributed by atoms with Crippen molar-refractivity contribution >= 4 is 32.5 Å². The van der Waals surface area contributed by atoms with E-state index in [1.54, 1.807) is 18.3 Å². The molecule has 0 aliphatic heterocycles. The molecule has 3 aromatic rings. The van der Waals surface area contributed by atoms with Gasteiger partial charge in [-0.25, -0.2) is 4.98 Å². The van der Waals surface area contributed by atoms with Gasteiger partial charge < -0.3 is 4.74 Å². The second kappa shape index (κ2) is 5.45. The third-order valence-electron chi connectivity index (χ3n) is 2.79. The molecule has 7 heteroatoms. The molecule has 6 nitrogen and oxygen atoms in total. The van der Waals surface area contributed by atoms with E-state index in [2.05, 4.69) is 25.9 Å². The number of hydrogen-bond acceptors (Lipinski definition) is 5. The van der Waals surface area contributed by atoms with Crippen molar-refractivity contribution in [1.82, 2.24) is 9.97 Å². The normalized spacial score (nSPS) is 10.5. The highest BCUT2D eigenvalue weighted by molar-refractivity contribution is 9.10. The van der Waals surface area contributed by atoms with Gasteiger partial charge in [0, 0.05) is 34.4 Å². The van der Waals surface area contributed by atoms with E-state index in [0.717, 1.165) is 10.9 Å². The van der Waals surface area contributed by atoms with Crippen molar-refractivity contribution in [2.45, 2.75) is 0 Å². The van der Waals surface area contributed by atoms with Gasteiger partial charge in [-0.05, 0) is 34.1 Å². The molecule has 1 aromatic carbocycles. The first-order chi connectivity index (χ1) is 10.1. The van der Waals surface area contributed by atoms with Crippen molar-refractivity contribution in [3.63, 3.8) is 0 Å². The molecule has 3 rings (SSSR count). The quantitative estimate of drug-likeness (QED) is 0.527. The monoisotopic (exact) mass is 345 g/mol. The van der Waals surface area contributed by atoms with Crippen LogP contribution < -0.4 is 4.74 Å². The minimum atomic E-state index is -0.535. The van der Waals surface area contributed by atoms with E-state index in [1.165, 1.54) is 12.3 Å². The number of pyridine rings is 2. The van der Waals surface area contributed by atoms with Crippen LogP contribution in [0, 0.1) is 10.1 Å². The molecule has 0 N–H and O–H groups in total. The van der Waals surface area contributed by atoms with E-state index in [-0.39, 0.29) is 11.6 Å². The number of fused-ring (bicyclic) bond motifs is 1. The Morgan fingerprint density at radius 3 is 2.86 bits per heavy atom. The smallest absolute Gasteiger partial charge is 0.332 e. The lowest BCUT2D eigenvalue weighted by Crippen LogP contribution is -1.96. The Balaban J connectivity index is 2.00. The van der Waals surface area contributed by atoms with Crippen molar-refractivity contribution in [3.8, 4) is 11.6 Å². The molecule has 0 bridgehead atoms. The predicted molar refractivity (Wildman–Crippen MR) is 80.4 cm³/mol. The summed E-state index contributed by atoms with van der Waals surface area (Å²) >= 11 is 3.15. The lowest BCUT2D eigenvalue weighted by Gasteiger charge is -2.06. The van der Waals surface area contributed by atoms with Gasteiger partial charge in [-0.1, -0.05) is 6.07 Å². The van der Waals surface area contributed by atoms with Crippen molar-refractivity contribution in [2.75, 3.05) is 0 Å². The molecular weight excluding hydrogens is 338 g/mol. The number of aromatic nitrogens is 2. The van der Waals surface area contributed by atoms with Gasteiger partial charge in [-0.15, -0.1) is 0 Å². The fourth-order valence-corrected chi connectivity index (χ4v) is 2.17.